The quantitative estimate of drug-likeness (QED) is 0.171. The van der Waals surface area contributed by atoms with Crippen LogP contribution in [0.1, 0.15) is 0 Å². The minimum Gasteiger partial charge on any atom is -0.309 e. The molecule has 0 aliphatic heterocycles. The highest BCUT2D eigenvalue weighted by Gasteiger charge is 2.17. The van der Waals surface area contributed by atoms with Crippen molar-refractivity contribution in [3.63, 3.8) is 0 Å². The van der Waals surface area contributed by atoms with Gasteiger partial charge in [-0.25, -0.2) is 9.97 Å². The molecule has 3 heteroatoms. The van der Waals surface area contributed by atoms with E-state index in [9.17, 15) is 0 Å². The molecule has 0 saturated heterocycles. The minimum absolute atomic E-state index is 0.701. The minimum atomic E-state index is 0.701. The van der Waals surface area contributed by atoms with Crippen molar-refractivity contribution in [2.24, 2.45) is 0 Å². The summed E-state index contributed by atoms with van der Waals surface area (Å²) in [7, 11) is 0. The molecule has 0 amide bonds. The third kappa shape index (κ3) is 5.68. The molecule has 9 aromatic carbocycles. The van der Waals surface area contributed by atoms with Crippen LogP contribution in [0.25, 0.3) is 105 Å². The molecule has 0 radical (unpaired) electrons. The Bertz CT molecular complexity index is 3200. The maximum absolute atomic E-state index is 5.08. The predicted octanol–water partition coefficient (Wildman–Crippen LogP) is 14.2. The van der Waals surface area contributed by atoms with Crippen molar-refractivity contribution in [3.8, 4) is 61.8 Å². The van der Waals surface area contributed by atoms with Crippen molar-refractivity contribution in [1.29, 1.82) is 0 Å². The zero-order chi connectivity index (χ0) is 37.7. The van der Waals surface area contributed by atoms with Gasteiger partial charge >= 0.3 is 0 Å². The molecule has 11 rings (SSSR count). The van der Waals surface area contributed by atoms with Crippen LogP contribution in [-0.2, 0) is 0 Å². The Labute approximate surface area is 330 Å². The van der Waals surface area contributed by atoms with E-state index in [0.717, 1.165) is 33.8 Å². The van der Waals surface area contributed by atoms with Crippen LogP contribution in [0.3, 0.4) is 0 Å². The van der Waals surface area contributed by atoms with Crippen LogP contribution in [0.2, 0.25) is 0 Å². The molecular formula is C54H35N3. The van der Waals surface area contributed by atoms with E-state index in [0.29, 0.717) is 5.82 Å². The Balaban J connectivity index is 1.05. The van der Waals surface area contributed by atoms with E-state index in [4.69, 9.17) is 9.97 Å². The fraction of sp³-hybridized carbons (Fsp3) is 0. The summed E-state index contributed by atoms with van der Waals surface area (Å²) in [6.07, 6.45) is 0. The number of fused-ring (bicyclic) bond motifs is 6. The molecular weight excluding hydrogens is 691 g/mol. The molecule has 0 fully saturated rings. The standard InChI is InChI=1S/C54H35N3/c1-4-14-36(15-5-1)43-31-32-44(46-21-11-10-20-45(43)46)41-25-24-37-28-33-52-53(48(37)34-41)47-22-12-13-23-51(47)57(52)42-29-26-40(27-30-42)54-55-49(38-16-6-2-7-17-38)35-50(56-54)39-18-8-3-9-19-39/h1-35H. The molecule has 0 bridgehead atoms. The first kappa shape index (κ1) is 32.8. The first-order valence-corrected chi connectivity index (χ1v) is 19.4. The van der Waals surface area contributed by atoms with Gasteiger partial charge < -0.3 is 4.57 Å². The zero-order valence-corrected chi connectivity index (χ0v) is 31.0. The summed E-state index contributed by atoms with van der Waals surface area (Å²) in [5.74, 6) is 0.701. The van der Waals surface area contributed by atoms with Gasteiger partial charge in [0.2, 0.25) is 0 Å². The lowest BCUT2D eigenvalue weighted by atomic mass is 9.91. The predicted molar refractivity (Wildman–Crippen MR) is 239 cm³/mol. The molecule has 2 heterocycles. The van der Waals surface area contributed by atoms with Gasteiger partial charge in [0.1, 0.15) is 0 Å². The largest absolute Gasteiger partial charge is 0.309 e. The van der Waals surface area contributed by atoms with Gasteiger partial charge in [0.25, 0.3) is 0 Å². The summed E-state index contributed by atoms with van der Waals surface area (Å²) in [6, 6.07) is 75.7. The number of hydrogen-bond acceptors (Lipinski definition) is 2. The summed E-state index contributed by atoms with van der Waals surface area (Å²) in [6.45, 7) is 0. The summed E-state index contributed by atoms with van der Waals surface area (Å²) >= 11 is 0. The second kappa shape index (κ2) is 13.6. The molecule has 11 aromatic rings. The summed E-state index contributed by atoms with van der Waals surface area (Å²) in [4.78, 5) is 10.2. The van der Waals surface area contributed by atoms with Crippen molar-refractivity contribution in [1.82, 2.24) is 14.5 Å². The van der Waals surface area contributed by atoms with Gasteiger partial charge in [-0.3, -0.25) is 0 Å². The molecule has 0 atom stereocenters. The van der Waals surface area contributed by atoms with Crippen LogP contribution in [0.5, 0.6) is 0 Å². The highest BCUT2D eigenvalue weighted by molar-refractivity contribution is 6.22. The van der Waals surface area contributed by atoms with Crippen LogP contribution in [0.4, 0.5) is 0 Å². The normalized spacial score (nSPS) is 11.5. The fourth-order valence-electron chi connectivity index (χ4n) is 8.50. The van der Waals surface area contributed by atoms with E-state index in [-0.39, 0.29) is 0 Å². The van der Waals surface area contributed by atoms with Crippen molar-refractivity contribution in [2.75, 3.05) is 0 Å². The Hall–Kier alpha value is -7.62. The molecule has 0 N–H and O–H groups in total. The first-order chi connectivity index (χ1) is 28.3. The monoisotopic (exact) mass is 725 g/mol. The average Bonchev–Trinajstić information content (AvgIpc) is 3.64. The second-order valence-electron chi connectivity index (χ2n) is 14.6. The average molecular weight is 726 g/mol. The van der Waals surface area contributed by atoms with Crippen LogP contribution in [0.15, 0.2) is 212 Å². The highest BCUT2D eigenvalue weighted by Crippen LogP contribution is 2.41. The van der Waals surface area contributed by atoms with Crippen LogP contribution >= 0.6 is 0 Å². The van der Waals surface area contributed by atoms with Gasteiger partial charge in [-0.2, -0.15) is 0 Å². The number of aromatic nitrogens is 3. The third-order valence-electron chi connectivity index (χ3n) is 11.2. The Morgan fingerprint density at radius 3 is 1.46 bits per heavy atom. The van der Waals surface area contributed by atoms with Gasteiger partial charge in [-0.05, 0) is 92.3 Å². The number of para-hydroxylation sites is 1. The summed E-state index contributed by atoms with van der Waals surface area (Å²) in [5, 5.41) is 7.46. The molecule has 0 spiro atoms. The lowest BCUT2D eigenvalue weighted by Crippen LogP contribution is -1.97. The van der Waals surface area contributed by atoms with E-state index < -0.39 is 0 Å². The lowest BCUT2D eigenvalue weighted by molar-refractivity contribution is 1.16. The Morgan fingerprint density at radius 1 is 0.316 bits per heavy atom. The zero-order valence-electron chi connectivity index (χ0n) is 31.0. The van der Waals surface area contributed by atoms with Crippen molar-refractivity contribution < 1.29 is 0 Å². The van der Waals surface area contributed by atoms with Crippen LogP contribution in [-0.4, -0.2) is 14.5 Å². The number of rotatable bonds is 6. The topological polar surface area (TPSA) is 30.7 Å². The summed E-state index contributed by atoms with van der Waals surface area (Å²) in [5.41, 5.74) is 13.2. The number of benzene rings is 9. The third-order valence-corrected chi connectivity index (χ3v) is 11.2. The highest BCUT2D eigenvalue weighted by atomic mass is 15.0. The SMILES string of the molecule is c1ccc(-c2cc(-c3ccccc3)nc(-c3ccc(-n4c5ccccc5c5c6cc(-c7ccc(-c8ccccc8)c8ccccc78)ccc6ccc54)cc3)n2)cc1. The smallest absolute Gasteiger partial charge is 0.160 e. The van der Waals surface area contributed by atoms with Crippen LogP contribution < -0.4 is 0 Å². The maximum atomic E-state index is 5.08. The van der Waals surface area contributed by atoms with Gasteiger partial charge in [0, 0.05) is 33.2 Å². The molecule has 0 aliphatic rings. The molecule has 57 heavy (non-hydrogen) atoms. The number of nitrogens with zero attached hydrogens (tertiary/aromatic N) is 3. The molecule has 0 saturated carbocycles. The second-order valence-corrected chi connectivity index (χ2v) is 14.6. The number of hydrogen-bond donors (Lipinski definition) is 0. The van der Waals surface area contributed by atoms with Crippen LogP contribution in [0, 0.1) is 0 Å². The fourth-order valence-corrected chi connectivity index (χ4v) is 8.50. The van der Waals surface area contributed by atoms with E-state index in [2.05, 4.69) is 205 Å². The molecule has 266 valence electrons. The van der Waals surface area contributed by atoms with Gasteiger partial charge in [0.05, 0.1) is 22.4 Å². The Kier molecular flexibility index (Phi) is 7.82. The van der Waals surface area contributed by atoms with Gasteiger partial charge in [0.15, 0.2) is 5.82 Å². The van der Waals surface area contributed by atoms with Gasteiger partial charge in [-0.15, -0.1) is 0 Å². The molecule has 0 aliphatic carbocycles. The Morgan fingerprint density at radius 2 is 0.825 bits per heavy atom. The maximum Gasteiger partial charge on any atom is 0.160 e. The molecule has 0 unspecified atom stereocenters. The van der Waals surface area contributed by atoms with E-state index in [1.54, 1.807) is 0 Å². The van der Waals surface area contributed by atoms with Gasteiger partial charge in [-0.1, -0.05) is 164 Å². The van der Waals surface area contributed by atoms with Crippen molar-refractivity contribution in [2.45, 2.75) is 0 Å². The van der Waals surface area contributed by atoms with Crippen molar-refractivity contribution in [3.05, 3.63) is 212 Å². The first-order valence-electron chi connectivity index (χ1n) is 19.4. The molecule has 2 aromatic heterocycles. The van der Waals surface area contributed by atoms with E-state index in [1.165, 1.54) is 65.6 Å². The van der Waals surface area contributed by atoms with Crippen molar-refractivity contribution >= 4 is 43.4 Å². The lowest BCUT2D eigenvalue weighted by Gasteiger charge is -2.13. The molecule has 3 nitrogen and oxygen atoms in total. The van der Waals surface area contributed by atoms with E-state index in [1.807, 2.05) is 12.1 Å². The summed E-state index contributed by atoms with van der Waals surface area (Å²) < 4.78 is 2.39. The van der Waals surface area contributed by atoms with E-state index >= 15 is 0 Å².